The normalized spacial score (nSPS) is 14.8. The topological polar surface area (TPSA) is 36.4 Å². The van der Waals surface area contributed by atoms with Gasteiger partial charge in [-0.15, -0.1) is 12.4 Å². The van der Waals surface area contributed by atoms with Crippen molar-refractivity contribution in [3.63, 3.8) is 0 Å². The molecule has 1 aromatic heterocycles. The maximum absolute atomic E-state index is 13.1. The van der Waals surface area contributed by atoms with Gasteiger partial charge >= 0.3 is 0 Å². The van der Waals surface area contributed by atoms with Crippen LogP contribution in [-0.4, -0.2) is 43.0 Å². The van der Waals surface area contributed by atoms with Crippen molar-refractivity contribution >= 4 is 56.6 Å². The maximum atomic E-state index is 13.1. The molecule has 1 saturated carbocycles. The molecule has 144 valence electrons. The molecule has 0 atom stereocenters. The van der Waals surface area contributed by atoms with Gasteiger partial charge in [0.25, 0.3) is 0 Å². The lowest BCUT2D eigenvalue weighted by Gasteiger charge is -2.24. The van der Waals surface area contributed by atoms with Crippen LogP contribution in [0.3, 0.4) is 0 Å². The molecule has 26 heavy (non-hydrogen) atoms. The first-order chi connectivity index (χ1) is 12.0. The molecule has 1 amide bonds. The number of carbonyl (C=O) groups is 1. The summed E-state index contributed by atoms with van der Waals surface area (Å²) in [6.07, 6.45) is 5.27. The number of aromatic nitrogens is 1. The number of fused-ring (bicyclic) bond motifs is 1. The van der Waals surface area contributed by atoms with Gasteiger partial charge in [-0.2, -0.15) is 0 Å². The number of aryl methyl sites for hydroxylation is 1. The van der Waals surface area contributed by atoms with Gasteiger partial charge in [-0.05, 0) is 58.5 Å². The Bertz CT molecular complexity index is 718. The molecule has 1 aliphatic carbocycles. The molecule has 0 unspecified atom stereocenters. The van der Waals surface area contributed by atoms with E-state index in [9.17, 15) is 4.79 Å². The smallest absolute Gasteiger partial charge is 0.231 e. The number of halogens is 2. The summed E-state index contributed by atoms with van der Waals surface area (Å²) in [6.45, 7) is 3.71. The van der Waals surface area contributed by atoms with E-state index in [-0.39, 0.29) is 24.2 Å². The monoisotopic (exact) mass is 415 g/mol. The lowest BCUT2D eigenvalue weighted by Crippen LogP contribution is -2.37. The van der Waals surface area contributed by atoms with E-state index >= 15 is 0 Å². The van der Waals surface area contributed by atoms with Crippen LogP contribution in [0.5, 0.6) is 0 Å². The van der Waals surface area contributed by atoms with Crippen molar-refractivity contribution in [3.8, 4) is 0 Å². The third kappa shape index (κ3) is 4.69. The minimum absolute atomic E-state index is 0. The molecule has 3 rings (SSSR count). The van der Waals surface area contributed by atoms with Crippen LogP contribution >= 0.6 is 35.3 Å². The number of thiazole rings is 1. The van der Waals surface area contributed by atoms with Gasteiger partial charge < -0.3 is 4.90 Å². The Morgan fingerprint density at radius 1 is 1.27 bits per heavy atom. The molecule has 0 saturated heterocycles. The average molecular weight is 416 g/mol. The molecule has 1 heterocycles. The summed E-state index contributed by atoms with van der Waals surface area (Å²) < 4.78 is 0.980. The van der Waals surface area contributed by atoms with Crippen LogP contribution in [0.15, 0.2) is 12.1 Å². The van der Waals surface area contributed by atoms with Crippen LogP contribution in [0.25, 0.3) is 10.2 Å². The van der Waals surface area contributed by atoms with E-state index in [0.29, 0.717) is 11.6 Å². The van der Waals surface area contributed by atoms with Crippen molar-refractivity contribution in [1.82, 2.24) is 9.88 Å². The molecule has 1 fully saturated rings. The molecule has 4 nitrogen and oxygen atoms in total. The molecule has 2 aromatic rings. The number of carbonyl (C=O) groups excluding carboxylic acids is 1. The second-order valence-corrected chi connectivity index (χ2v) is 8.55. The number of amides is 1. The highest BCUT2D eigenvalue weighted by Gasteiger charge is 2.29. The first-order valence-corrected chi connectivity index (χ1v) is 10.2. The fourth-order valence-corrected chi connectivity index (χ4v) is 4.79. The Morgan fingerprint density at radius 3 is 2.58 bits per heavy atom. The van der Waals surface area contributed by atoms with E-state index in [0.717, 1.165) is 59.6 Å². The highest BCUT2D eigenvalue weighted by Crippen LogP contribution is 2.37. The number of anilines is 1. The molecule has 7 heteroatoms. The van der Waals surface area contributed by atoms with Crippen molar-refractivity contribution in [2.24, 2.45) is 5.92 Å². The number of benzene rings is 1. The molecular weight excluding hydrogens is 389 g/mol. The van der Waals surface area contributed by atoms with E-state index in [2.05, 4.69) is 19.0 Å². The Hall–Kier alpha value is -0.880. The van der Waals surface area contributed by atoms with Crippen molar-refractivity contribution in [2.75, 3.05) is 32.1 Å². The Kier molecular flexibility index (Phi) is 7.71. The first kappa shape index (κ1) is 21.4. The second-order valence-electron chi connectivity index (χ2n) is 7.17. The van der Waals surface area contributed by atoms with Crippen molar-refractivity contribution in [1.29, 1.82) is 0 Å². The largest absolute Gasteiger partial charge is 0.309 e. The minimum Gasteiger partial charge on any atom is -0.309 e. The lowest BCUT2D eigenvalue weighted by molar-refractivity contribution is -0.122. The van der Waals surface area contributed by atoms with Gasteiger partial charge in [0.1, 0.15) is 0 Å². The van der Waals surface area contributed by atoms with Gasteiger partial charge in [-0.25, -0.2) is 4.98 Å². The van der Waals surface area contributed by atoms with E-state index < -0.39 is 0 Å². The van der Waals surface area contributed by atoms with E-state index in [1.165, 1.54) is 0 Å². The quantitative estimate of drug-likeness (QED) is 0.653. The highest BCUT2D eigenvalue weighted by atomic mass is 35.5. The van der Waals surface area contributed by atoms with Crippen molar-refractivity contribution < 1.29 is 4.79 Å². The van der Waals surface area contributed by atoms with Crippen molar-refractivity contribution in [3.05, 3.63) is 22.7 Å². The van der Waals surface area contributed by atoms with Gasteiger partial charge in [-0.3, -0.25) is 9.69 Å². The first-order valence-electron chi connectivity index (χ1n) is 8.99. The van der Waals surface area contributed by atoms with Gasteiger partial charge in [0.2, 0.25) is 5.91 Å². The summed E-state index contributed by atoms with van der Waals surface area (Å²) in [6, 6.07) is 3.90. The average Bonchev–Trinajstić information content (AvgIpc) is 3.24. The third-order valence-electron chi connectivity index (χ3n) is 4.87. The molecule has 0 radical (unpaired) electrons. The zero-order valence-corrected chi connectivity index (χ0v) is 18.0. The zero-order valence-electron chi connectivity index (χ0n) is 15.6. The molecule has 0 bridgehead atoms. The molecule has 1 aliphatic rings. The van der Waals surface area contributed by atoms with Gasteiger partial charge in [0, 0.05) is 12.5 Å². The number of hydrogen-bond donors (Lipinski definition) is 0. The SMILES string of the molecule is Cc1ccc(Cl)c2sc(N(CCCN(C)C)C(=O)C3CCCC3)nc12.Cl. The highest BCUT2D eigenvalue weighted by molar-refractivity contribution is 7.23. The van der Waals surface area contributed by atoms with Crippen LogP contribution in [0, 0.1) is 12.8 Å². The summed E-state index contributed by atoms with van der Waals surface area (Å²) in [5.41, 5.74) is 2.02. The summed E-state index contributed by atoms with van der Waals surface area (Å²) in [5.74, 6) is 0.395. The minimum atomic E-state index is 0. The number of rotatable bonds is 6. The Morgan fingerprint density at radius 2 is 1.96 bits per heavy atom. The fraction of sp³-hybridized carbons (Fsp3) is 0.579. The summed E-state index contributed by atoms with van der Waals surface area (Å²) >= 11 is 7.90. The van der Waals surface area contributed by atoms with Crippen LogP contribution in [-0.2, 0) is 4.79 Å². The third-order valence-corrected chi connectivity index (χ3v) is 6.41. The van der Waals surface area contributed by atoms with Gasteiger partial charge in [0.15, 0.2) is 5.13 Å². The standard InChI is InChI=1S/C19H26ClN3OS.ClH/c1-13-9-10-15(20)17-16(13)21-19(25-17)23(12-6-11-22(2)3)18(24)14-7-4-5-8-14;/h9-10,14H,4-8,11-12H2,1-3H3;1H. The predicted octanol–water partition coefficient (Wildman–Crippen LogP) is 5.15. The molecule has 0 aliphatic heterocycles. The fourth-order valence-electron chi connectivity index (χ4n) is 3.44. The predicted molar refractivity (Wildman–Crippen MR) is 114 cm³/mol. The Labute approximate surface area is 170 Å². The zero-order chi connectivity index (χ0) is 18.0. The lowest BCUT2D eigenvalue weighted by atomic mass is 10.1. The number of hydrogen-bond acceptors (Lipinski definition) is 4. The van der Waals surface area contributed by atoms with Crippen LogP contribution < -0.4 is 4.90 Å². The van der Waals surface area contributed by atoms with Crippen molar-refractivity contribution in [2.45, 2.75) is 39.0 Å². The van der Waals surface area contributed by atoms with E-state index in [4.69, 9.17) is 16.6 Å². The molecule has 0 N–H and O–H groups in total. The summed E-state index contributed by atoms with van der Waals surface area (Å²) in [4.78, 5) is 22.0. The van der Waals surface area contributed by atoms with Crippen LogP contribution in [0.2, 0.25) is 5.02 Å². The second kappa shape index (κ2) is 9.36. The molecular formula is C19H27Cl2N3OS. The molecule has 1 aromatic carbocycles. The summed E-state index contributed by atoms with van der Waals surface area (Å²) in [7, 11) is 4.12. The van der Waals surface area contributed by atoms with E-state index in [1.54, 1.807) is 11.3 Å². The van der Waals surface area contributed by atoms with Gasteiger partial charge in [0.05, 0.1) is 15.2 Å². The van der Waals surface area contributed by atoms with Gasteiger partial charge in [-0.1, -0.05) is 41.8 Å². The Balaban J connectivity index is 0.00000243. The van der Waals surface area contributed by atoms with Crippen LogP contribution in [0.1, 0.15) is 37.7 Å². The summed E-state index contributed by atoms with van der Waals surface area (Å²) in [5, 5.41) is 1.51. The van der Waals surface area contributed by atoms with E-state index in [1.807, 2.05) is 24.0 Å². The number of nitrogens with zero attached hydrogens (tertiary/aromatic N) is 3. The van der Waals surface area contributed by atoms with Crippen LogP contribution in [0.4, 0.5) is 5.13 Å². The maximum Gasteiger partial charge on any atom is 0.231 e. The molecule has 0 spiro atoms.